The number of carbonyl (C=O) groups is 3. The second kappa shape index (κ2) is 9.22. The Morgan fingerprint density at radius 1 is 1.09 bits per heavy atom. The Hall–Kier alpha value is -3.00. The van der Waals surface area contributed by atoms with Crippen molar-refractivity contribution in [2.75, 3.05) is 18.9 Å². The minimum absolute atomic E-state index is 0.0329. The van der Waals surface area contributed by atoms with Crippen LogP contribution in [0.2, 0.25) is 0 Å². The summed E-state index contributed by atoms with van der Waals surface area (Å²) in [7, 11) is 0. The summed E-state index contributed by atoms with van der Waals surface area (Å²) in [6.45, 7) is 4.36. The first-order valence-corrected chi connectivity index (χ1v) is 13.1. The zero-order valence-corrected chi connectivity index (χ0v) is 20.7. The van der Waals surface area contributed by atoms with E-state index < -0.39 is 23.5 Å². The average molecular weight is 495 g/mol. The summed E-state index contributed by atoms with van der Waals surface area (Å²) in [4.78, 5) is 39.4. The van der Waals surface area contributed by atoms with Crippen LogP contribution in [0.4, 0.5) is 4.79 Å². The molecule has 2 aromatic carbocycles. The number of hydrogen-bond acceptors (Lipinski definition) is 5. The molecule has 35 heavy (non-hydrogen) atoms. The fourth-order valence-electron chi connectivity index (χ4n) is 5.27. The molecular formula is C27H30N2O5S. The Morgan fingerprint density at radius 3 is 2.23 bits per heavy atom. The first-order valence-electron chi connectivity index (χ1n) is 12.1. The summed E-state index contributed by atoms with van der Waals surface area (Å²) >= 11 is 1.51. The van der Waals surface area contributed by atoms with Gasteiger partial charge < -0.3 is 20.1 Å². The van der Waals surface area contributed by atoms with Crippen molar-refractivity contribution in [3.8, 4) is 11.1 Å². The van der Waals surface area contributed by atoms with Crippen molar-refractivity contribution in [3.63, 3.8) is 0 Å². The van der Waals surface area contributed by atoms with Gasteiger partial charge in [-0.05, 0) is 41.0 Å². The molecule has 1 heterocycles. The highest BCUT2D eigenvalue weighted by molar-refractivity contribution is 8.00. The van der Waals surface area contributed by atoms with Crippen LogP contribution < -0.4 is 5.32 Å². The lowest BCUT2D eigenvalue weighted by atomic mass is 9.98. The molecule has 0 spiro atoms. The molecule has 8 heteroatoms. The molecule has 2 atom stereocenters. The minimum atomic E-state index is -0.978. The number of ether oxygens (including phenoxy) is 1. The van der Waals surface area contributed by atoms with Gasteiger partial charge in [0.05, 0.1) is 10.8 Å². The van der Waals surface area contributed by atoms with Crippen LogP contribution in [-0.4, -0.2) is 58.3 Å². The smallest absolute Gasteiger partial charge is 0.407 e. The Morgan fingerprint density at radius 2 is 1.69 bits per heavy atom. The van der Waals surface area contributed by atoms with E-state index in [4.69, 9.17) is 4.74 Å². The van der Waals surface area contributed by atoms with Crippen LogP contribution in [-0.2, 0) is 14.3 Å². The van der Waals surface area contributed by atoms with Crippen LogP contribution in [0.1, 0.15) is 43.7 Å². The molecule has 2 amide bonds. The lowest BCUT2D eigenvalue weighted by Gasteiger charge is -2.33. The van der Waals surface area contributed by atoms with Gasteiger partial charge in [0, 0.05) is 18.2 Å². The van der Waals surface area contributed by atoms with Crippen molar-refractivity contribution < 1.29 is 24.2 Å². The zero-order chi connectivity index (χ0) is 24.7. The molecule has 0 bridgehead atoms. The maximum absolute atomic E-state index is 13.5. The number of alkyl carbamates (subject to hydrolysis) is 1. The predicted octanol–water partition coefficient (Wildman–Crippen LogP) is 4.32. The Labute approximate surface area is 209 Å². The van der Waals surface area contributed by atoms with Gasteiger partial charge >= 0.3 is 12.1 Å². The quantitative estimate of drug-likeness (QED) is 0.595. The van der Waals surface area contributed by atoms with Crippen LogP contribution in [0, 0.1) is 11.3 Å². The molecule has 7 nitrogen and oxygen atoms in total. The highest BCUT2D eigenvalue weighted by Gasteiger charge is 2.56. The standard InChI is InChI=1S/C27H30N2O5S/c1-16(2)23-29(22(14-35-23)24(30)31)25(32)27(11-12-27)15-28-26(33)34-13-21-19-9-5-3-7-17(19)18-8-4-6-10-20(18)21/h3-10,16,21-23H,11-15H2,1-2H3,(H,28,33)(H,30,31). The van der Waals surface area contributed by atoms with Gasteiger partial charge in [0.25, 0.3) is 0 Å². The van der Waals surface area contributed by atoms with Gasteiger partial charge in [0.15, 0.2) is 0 Å². The Bertz CT molecular complexity index is 1120. The first kappa shape index (κ1) is 23.7. The maximum atomic E-state index is 13.5. The van der Waals surface area contributed by atoms with Gasteiger partial charge in [-0.2, -0.15) is 0 Å². The summed E-state index contributed by atoms with van der Waals surface area (Å²) < 4.78 is 5.61. The fraction of sp³-hybridized carbons (Fsp3) is 0.444. The molecule has 2 aromatic rings. The number of thioether (sulfide) groups is 1. The summed E-state index contributed by atoms with van der Waals surface area (Å²) in [5.74, 6) is -0.657. The molecular weight excluding hydrogens is 464 g/mol. The van der Waals surface area contributed by atoms with Crippen molar-refractivity contribution in [1.82, 2.24) is 10.2 Å². The Balaban J connectivity index is 1.22. The molecule has 1 aliphatic heterocycles. The maximum Gasteiger partial charge on any atom is 0.407 e. The van der Waals surface area contributed by atoms with Crippen molar-refractivity contribution in [3.05, 3.63) is 59.7 Å². The van der Waals surface area contributed by atoms with E-state index >= 15 is 0 Å². The van der Waals surface area contributed by atoms with Gasteiger partial charge in [0.1, 0.15) is 12.6 Å². The molecule has 1 saturated heterocycles. The van der Waals surface area contributed by atoms with Crippen molar-refractivity contribution in [2.24, 2.45) is 11.3 Å². The van der Waals surface area contributed by atoms with E-state index in [1.165, 1.54) is 11.8 Å². The number of rotatable bonds is 7. The molecule has 1 saturated carbocycles. The molecule has 2 aliphatic carbocycles. The van der Waals surface area contributed by atoms with Gasteiger partial charge in [-0.25, -0.2) is 9.59 Å². The third-order valence-electron chi connectivity index (χ3n) is 7.35. The number of carbonyl (C=O) groups excluding carboxylic acids is 2. The Kier molecular flexibility index (Phi) is 6.25. The number of nitrogens with one attached hydrogen (secondary N) is 1. The van der Waals surface area contributed by atoms with Crippen molar-refractivity contribution in [2.45, 2.75) is 44.0 Å². The second-order valence-electron chi connectivity index (χ2n) is 9.99. The average Bonchev–Trinajstić information content (AvgIpc) is 3.39. The molecule has 0 radical (unpaired) electrons. The van der Waals surface area contributed by atoms with Gasteiger partial charge in [0.2, 0.25) is 5.91 Å². The molecule has 5 rings (SSSR count). The van der Waals surface area contributed by atoms with E-state index in [2.05, 4.69) is 29.6 Å². The van der Waals surface area contributed by atoms with Gasteiger partial charge in [-0.3, -0.25) is 4.79 Å². The van der Waals surface area contributed by atoms with Crippen LogP contribution in [0.3, 0.4) is 0 Å². The van der Waals surface area contributed by atoms with E-state index in [9.17, 15) is 19.5 Å². The van der Waals surface area contributed by atoms with Crippen LogP contribution in [0.5, 0.6) is 0 Å². The highest BCUT2D eigenvalue weighted by atomic mass is 32.2. The predicted molar refractivity (Wildman–Crippen MR) is 134 cm³/mol. The third kappa shape index (κ3) is 4.29. The van der Waals surface area contributed by atoms with Gasteiger partial charge in [-0.15, -0.1) is 11.8 Å². The number of aliphatic carboxylic acids is 1. The van der Waals surface area contributed by atoms with E-state index in [1.54, 1.807) is 4.90 Å². The highest BCUT2D eigenvalue weighted by Crippen LogP contribution is 2.50. The summed E-state index contributed by atoms with van der Waals surface area (Å²) in [5, 5.41) is 12.3. The van der Waals surface area contributed by atoms with Crippen LogP contribution >= 0.6 is 11.8 Å². The fourth-order valence-corrected chi connectivity index (χ4v) is 6.74. The molecule has 2 unspecified atom stereocenters. The van der Waals surface area contributed by atoms with Crippen molar-refractivity contribution >= 4 is 29.7 Å². The zero-order valence-electron chi connectivity index (χ0n) is 19.9. The van der Waals surface area contributed by atoms with E-state index in [0.29, 0.717) is 18.6 Å². The molecule has 0 aromatic heterocycles. The number of hydrogen-bond donors (Lipinski definition) is 2. The molecule has 2 fully saturated rings. The third-order valence-corrected chi connectivity index (χ3v) is 8.97. The topological polar surface area (TPSA) is 95.9 Å². The number of benzene rings is 2. The van der Waals surface area contributed by atoms with Gasteiger partial charge in [-0.1, -0.05) is 62.4 Å². The monoisotopic (exact) mass is 494 g/mol. The number of amides is 2. The lowest BCUT2D eigenvalue weighted by Crippen LogP contribution is -2.52. The number of carboxylic acid groups (broad SMARTS) is 1. The van der Waals surface area contributed by atoms with Crippen molar-refractivity contribution in [1.29, 1.82) is 0 Å². The second-order valence-corrected chi connectivity index (χ2v) is 11.1. The number of carboxylic acids is 1. The first-order chi connectivity index (χ1) is 16.8. The van der Waals surface area contributed by atoms with Crippen LogP contribution in [0.15, 0.2) is 48.5 Å². The largest absolute Gasteiger partial charge is 0.480 e. The molecule has 184 valence electrons. The number of nitrogens with zero attached hydrogens (tertiary/aromatic N) is 1. The normalized spacial score (nSPS) is 22.0. The minimum Gasteiger partial charge on any atom is -0.480 e. The summed E-state index contributed by atoms with van der Waals surface area (Å²) in [6.07, 6.45) is 0.707. The SMILES string of the molecule is CC(C)C1SCC(C(=O)O)N1C(=O)C1(CNC(=O)OCC2c3ccccc3-c3ccccc32)CC1. The van der Waals surface area contributed by atoms with E-state index in [1.807, 2.05) is 38.1 Å². The lowest BCUT2D eigenvalue weighted by molar-refractivity contribution is -0.152. The van der Waals surface area contributed by atoms with E-state index in [0.717, 1.165) is 22.3 Å². The molecule has 2 N–H and O–H groups in total. The summed E-state index contributed by atoms with van der Waals surface area (Å²) in [5.41, 5.74) is 3.87. The van der Waals surface area contributed by atoms with Crippen LogP contribution in [0.25, 0.3) is 11.1 Å². The summed E-state index contributed by atoms with van der Waals surface area (Å²) in [6, 6.07) is 15.5. The van der Waals surface area contributed by atoms with E-state index in [-0.39, 0.29) is 36.3 Å². The number of fused-ring (bicyclic) bond motifs is 3. The molecule has 3 aliphatic rings.